The van der Waals surface area contributed by atoms with Crippen molar-refractivity contribution in [2.75, 3.05) is 9.80 Å². The molecule has 11 aromatic rings. The van der Waals surface area contributed by atoms with Gasteiger partial charge in [-0.2, -0.15) is 0 Å². The summed E-state index contributed by atoms with van der Waals surface area (Å²) in [6.07, 6.45) is 12.7. The number of ether oxygens (including phenoxy) is 1. The Kier molecular flexibility index (Phi) is 14.2. The number of unbranched alkanes of at least 4 members (excludes halogenated alkanes) is 2. The summed E-state index contributed by atoms with van der Waals surface area (Å²) >= 11 is 0. The number of allylic oxidation sites excluding steroid dienone is 1. The molecule has 1 aromatic heterocycles. The number of aryl methyl sites for hydroxylation is 13. The molecule has 15 rings (SSSR count). The van der Waals surface area contributed by atoms with Crippen LogP contribution in [0.15, 0.2) is 207 Å². The van der Waals surface area contributed by atoms with E-state index in [-0.39, 0.29) is 0 Å². The average Bonchev–Trinajstić information content (AvgIpc) is 3.95. The molecule has 4 nitrogen and oxygen atoms in total. The van der Waals surface area contributed by atoms with Crippen LogP contribution in [0.3, 0.4) is 0 Å². The van der Waals surface area contributed by atoms with Crippen molar-refractivity contribution < 1.29 is 4.74 Å². The van der Waals surface area contributed by atoms with Crippen LogP contribution < -0.4 is 14.5 Å². The van der Waals surface area contributed by atoms with E-state index in [2.05, 4.69) is 257 Å². The largest absolute Gasteiger partial charge is 0.453 e. The predicted octanol–water partition coefficient (Wildman–Crippen LogP) is 21.0. The van der Waals surface area contributed by atoms with Gasteiger partial charge in [-0.05, 0) is 269 Å². The van der Waals surface area contributed by atoms with E-state index in [9.17, 15) is 0 Å². The standard InChI is InChI=1S/C36H29NO.C22H21N.C20H23N/c1-22-3-13-33-35(15-22)38-36-16-23(2)4-14-34(36)37(33)32-20-30(28-11-7-24-5-9-26(24)17-28)19-31(21-32)29-12-8-25-6-10-27(25)18-29;1-16-3-10-20(11-4-16)23(21-12-5-17(2)6-13-21)22-14-9-18-7-8-19(18)15-22;1-4-5-6-7-12-21-19-10-8-15(2)13-17(19)18-14-16(3)9-11-20(18)21/h3-4,7-8,11-21H,5-6,9-10H2,1-2H3;3-6,9-15H,7-8H2,1-2H3;4,8-11,13-14H,1,5-7,12H2,2-3H3. The van der Waals surface area contributed by atoms with Crippen LogP contribution in [0.1, 0.15) is 86.0 Å². The van der Waals surface area contributed by atoms with Gasteiger partial charge >= 0.3 is 0 Å². The highest BCUT2D eigenvalue weighted by Crippen LogP contribution is 2.52. The maximum Gasteiger partial charge on any atom is 0.151 e. The quantitative estimate of drug-likeness (QED) is 0.0951. The van der Waals surface area contributed by atoms with Crippen molar-refractivity contribution in [1.29, 1.82) is 0 Å². The van der Waals surface area contributed by atoms with Crippen LogP contribution in [0, 0.1) is 41.5 Å². The second kappa shape index (κ2) is 22.2. The van der Waals surface area contributed by atoms with Gasteiger partial charge in [0.15, 0.2) is 11.5 Å². The van der Waals surface area contributed by atoms with Crippen molar-refractivity contribution in [3.05, 3.63) is 274 Å². The molecule has 0 unspecified atom stereocenters. The molecule has 0 N–H and O–H groups in total. The Hall–Kier alpha value is -8.86. The van der Waals surface area contributed by atoms with Crippen molar-refractivity contribution in [2.24, 2.45) is 0 Å². The molecule has 0 amide bonds. The molecule has 406 valence electrons. The zero-order valence-corrected chi connectivity index (χ0v) is 48.6. The van der Waals surface area contributed by atoms with Crippen LogP contribution in [0.25, 0.3) is 44.1 Å². The summed E-state index contributed by atoms with van der Waals surface area (Å²) in [5.74, 6) is 1.80. The SMILES string of the molecule is C=CCCCCn1c2ccc(C)cc2c2cc(C)ccc21.Cc1ccc(N(c2ccc(C)cc2)c2ccc3c(c2)CC3)cc1.Cc1ccc2c(c1)Oc1cc(C)ccc1N2c1cc(-c2ccc3c(c2)CC3)cc(-c2ccc3c(c2)CC3)c1. The summed E-state index contributed by atoms with van der Waals surface area (Å²) in [6.45, 7) is 17.7. The number of nitrogens with zero attached hydrogens (tertiary/aromatic N) is 3. The first-order valence-electron chi connectivity index (χ1n) is 29.7. The summed E-state index contributed by atoms with van der Waals surface area (Å²) in [4.78, 5) is 4.72. The Morgan fingerprint density at radius 1 is 0.390 bits per heavy atom. The summed E-state index contributed by atoms with van der Waals surface area (Å²) in [7, 11) is 0. The lowest BCUT2D eigenvalue weighted by atomic mass is 9.84. The predicted molar refractivity (Wildman–Crippen MR) is 347 cm³/mol. The molecular weight excluding hydrogens is 995 g/mol. The third-order valence-electron chi connectivity index (χ3n) is 17.4. The highest BCUT2D eigenvalue weighted by Gasteiger charge is 2.28. The molecule has 0 bridgehead atoms. The van der Waals surface area contributed by atoms with Gasteiger partial charge < -0.3 is 19.1 Å². The molecule has 0 atom stereocenters. The highest BCUT2D eigenvalue weighted by molar-refractivity contribution is 6.08. The molecule has 82 heavy (non-hydrogen) atoms. The molecule has 0 fully saturated rings. The summed E-state index contributed by atoms with van der Waals surface area (Å²) in [6, 6.07) is 72.1. The van der Waals surface area contributed by atoms with E-state index in [0.717, 1.165) is 41.5 Å². The van der Waals surface area contributed by atoms with Crippen molar-refractivity contribution in [3.63, 3.8) is 0 Å². The van der Waals surface area contributed by atoms with E-state index < -0.39 is 0 Å². The van der Waals surface area contributed by atoms with Crippen LogP contribution in [0.4, 0.5) is 34.1 Å². The summed E-state index contributed by atoms with van der Waals surface area (Å²) in [5, 5.41) is 2.77. The molecule has 0 spiro atoms. The zero-order chi connectivity index (χ0) is 56.0. The second-order valence-electron chi connectivity index (χ2n) is 23.6. The number of anilines is 6. The number of rotatable bonds is 11. The van der Waals surface area contributed by atoms with Gasteiger partial charge in [-0.1, -0.05) is 119 Å². The first-order valence-corrected chi connectivity index (χ1v) is 29.7. The van der Waals surface area contributed by atoms with Gasteiger partial charge in [-0.3, -0.25) is 0 Å². The fourth-order valence-corrected chi connectivity index (χ4v) is 12.4. The van der Waals surface area contributed by atoms with E-state index in [1.165, 1.54) is 179 Å². The van der Waals surface area contributed by atoms with Crippen LogP contribution in [0.5, 0.6) is 11.5 Å². The van der Waals surface area contributed by atoms with Gasteiger partial charge in [-0.15, -0.1) is 6.58 Å². The van der Waals surface area contributed by atoms with E-state index in [4.69, 9.17) is 4.74 Å². The molecule has 3 aliphatic carbocycles. The molecule has 10 aromatic carbocycles. The average molecular weight is 1070 g/mol. The number of hydrogen-bond acceptors (Lipinski definition) is 3. The molecule has 1 aliphatic heterocycles. The summed E-state index contributed by atoms with van der Waals surface area (Å²) < 4.78 is 8.93. The monoisotopic (exact) mass is 1070 g/mol. The molecular formula is C78H73N3O. The maximum atomic E-state index is 6.45. The molecule has 4 aliphatic rings. The lowest BCUT2D eigenvalue weighted by Crippen LogP contribution is -2.16. The van der Waals surface area contributed by atoms with Gasteiger partial charge in [0, 0.05) is 51.1 Å². The molecule has 0 saturated carbocycles. The van der Waals surface area contributed by atoms with Gasteiger partial charge in [0.25, 0.3) is 0 Å². The summed E-state index contributed by atoms with van der Waals surface area (Å²) in [5.41, 5.74) is 31.3. The second-order valence-corrected chi connectivity index (χ2v) is 23.6. The van der Waals surface area contributed by atoms with Crippen LogP contribution in [-0.2, 0) is 45.1 Å². The molecule has 0 saturated heterocycles. The van der Waals surface area contributed by atoms with Crippen molar-refractivity contribution >= 4 is 55.9 Å². The van der Waals surface area contributed by atoms with E-state index in [1.54, 1.807) is 0 Å². The fraction of sp³-hybridized carbons (Fsp3) is 0.205. The minimum Gasteiger partial charge on any atom is -0.453 e. The Morgan fingerprint density at radius 3 is 1.27 bits per heavy atom. The number of fused-ring (bicyclic) bond motifs is 8. The van der Waals surface area contributed by atoms with Crippen LogP contribution in [0.2, 0.25) is 0 Å². The van der Waals surface area contributed by atoms with Crippen molar-refractivity contribution in [2.45, 2.75) is 106 Å². The highest BCUT2D eigenvalue weighted by atomic mass is 16.5. The maximum absolute atomic E-state index is 6.45. The number of aromatic nitrogens is 1. The minimum atomic E-state index is 0.900. The molecule has 2 heterocycles. The van der Waals surface area contributed by atoms with Gasteiger partial charge in [-0.25, -0.2) is 0 Å². The van der Waals surface area contributed by atoms with E-state index >= 15 is 0 Å². The third-order valence-corrected chi connectivity index (χ3v) is 17.4. The van der Waals surface area contributed by atoms with Gasteiger partial charge in [0.1, 0.15) is 0 Å². The normalized spacial score (nSPS) is 13.0. The Bertz CT molecular complexity index is 4000. The Balaban J connectivity index is 0.000000124. The minimum absolute atomic E-state index is 0.900. The molecule has 0 radical (unpaired) electrons. The van der Waals surface area contributed by atoms with Gasteiger partial charge in [0.05, 0.1) is 11.4 Å². The first-order chi connectivity index (χ1) is 40.0. The lowest BCUT2D eigenvalue weighted by molar-refractivity contribution is 0.476. The van der Waals surface area contributed by atoms with Crippen LogP contribution in [-0.4, -0.2) is 4.57 Å². The smallest absolute Gasteiger partial charge is 0.151 e. The number of benzene rings is 10. The molecule has 4 heteroatoms. The van der Waals surface area contributed by atoms with E-state index in [0.29, 0.717) is 0 Å². The first kappa shape index (κ1) is 52.5. The van der Waals surface area contributed by atoms with Crippen molar-refractivity contribution in [3.8, 4) is 33.8 Å². The van der Waals surface area contributed by atoms with Gasteiger partial charge in [0.2, 0.25) is 0 Å². The Labute approximate surface area is 485 Å². The fourth-order valence-electron chi connectivity index (χ4n) is 12.4. The lowest BCUT2D eigenvalue weighted by Gasteiger charge is -2.34. The van der Waals surface area contributed by atoms with Crippen molar-refractivity contribution in [1.82, 2.24) is 4.57 Å². The third kappa shape index (κ3) is 10.4. The zero-order valence-electron chi connectivity index (χ0n) is 48.6. The topological polar surface area (TPSA) is 20.6 Å². The Morgan fingerprint density at radius 2 is 0.817 bits per heavy atom. The van der Waals surface area contributed by atoms with E-state index in [1.807, 2.05) is 6.08 Å². The van der Waals surface area contributed by atoms with Crippen LogP contribution >= 0.6 is 0 Å². The number of hydrogen-bond donors (Lipinski definition) is 0.